The minimum atomic E-state index is -0.293. The number of phenols is 1. The van der Waals surface area contributed by atoms with Crippen LogP contribution in [0.3, 0.4) is 0 Å². The van der Waals surface area contributed by atoms with Gasteiger partial charge in [-0.3, -0.25) is 4.79 Å². The molecular weight excluding hydrogens is 462 g/mol. The Labute approximate surface area is 203 Å². The molecule has 0 atom stereocenters. The number of carbonyl (C=O) groups is 1. The van der Waals surface area contributed by atoms with Crippen molar-refractivity contribution in [3.05, 3.63) is 52.0 Å². The van der Waals surface area contributed by atoms with Gasteiger partial charge in [0.1, 0.15) is 11.5 Å². The van der Waals surface area contributed by atoms with Gasteiger partial charge in [-0.2, -0.15) is 0 Å². The summed E-state index contributed by atoms with van der Waals surface area (Å²) in [5, 5.41) is 24.0. The van der Waals surface area contributed by atoms with Crippen molar-refractivity contribution in [1.29, 1.82) is 0 Å². The van der Waals surface area contributed by atoms with Gasteiger partial charge in [0.05, 0.1) is 30.9 Å². The Morgan fingerprint density at radius 3 is 2.70 bits per heavy atom. The summed E-state index contributed by atoms with van der Waals surface area (Å²) in [6, 6.07) is 9.22. The molecule has 0 heterocycles. The van der Waals surface area contributed by atoms with Gasteiger partial charge in [-0.05, 0) is 67.9 Å². The summed E-state index contributed by atoms with van der Waals surface area (Å²) in [7, 11) is 1.37. The molecule has 0 unspecified atom stereocenters. The van der Waals surface area contributed by atoms with Crippen LogP contribution in [0.4, 0.5) is 0 Å². The van der Waals surface area contributed by atoms with Crippen LogP contribution in [0.15, 0.2) is 40.4 Å². The normalized spacial score (nSPS) is 13.7. The maximum absolute atomic E-state index is 11.4. The lowest BCUT2D eigenvalue weighted by Gasteiger charge is -2.16. The molecule has 3 rings (SSSR count). The van der Waals surface area contributed by atoms with E-state index in [1.165, 1.54) is 7.11 Å². The van der Waals surface area contributed by atoms with Crippen molar-refractivity contribution < 1.29 is 24.6 Å². The number of phenolic OH excluding ortho intramolecular Hbond substituents is 1. The van der Waals surface area contributed by atoms with E-state index in [0.717, 1.165) is 47.5 Å². The molecule has 0 saturated heterocycles. The second-order valence-corrected chi connectivity index (χ2v) is 9.60. The highest BCUT2D eigenvalue weighted by molar-refractivity contribution is 7.99. The third-order valence-electron chi connectivity index (χ3n) is 5.57. The number of oxime groups is 1. The number of methoxy groups -OCH3 is 1. The molecule has 0 aliphatic heterocycles. The molecule has 178 valence electrons. The third kappa shape index (κ3) is 7.05. The molecule has 0 spiro atoms. The van der Waals surface area contributed by atoms with Crippen LogP contribution in [-0.4, -0.2) is 41.5 Å². The van der Waals surface area contributed by atoms with Crippen molar-refractivity contribution >= 4 is 35.0 Å². The van der Waals surface area contributed by atoms with Gasteiger partial charge in [-0.25, -0.2) is 0 Å². The van der Waals surface area contributed by atoms with Gasteiger partial charge in [-0.1, -0.05) is 29.7 Å². The summed E-state index contributed by atoms with van der Waals surface area (Å²) in [4.78, 5) is 12.4. The number of esters is 1. The fourth-order valence-electron chi connectivity index (χ4n) is 3.54. The summed E-state index contributed by atoms with van der Waals surface area (Å²) in [5.41, 5.74) is 2.63. The van der Waals surface area contributed by atoms with Gasteiger partial charge in [0, 0.05) is 21.8 Å². The number of carbonyl (C=O) groups excluding carboxylic acids is 1. The average Bonchev–Trinajstić information content (AvgIpc) is 3.63. The van der Waals surface area contributed by atoms with E-state index in [1.54, 1.807) is 23.9 Å². The smallest absolute Gasteiger partial charge is 0.309 e. The van der Waals surface area contributed by atoms with E-state index >= 15 is 0 Å². The first-order valence-electron chi connectivity index (χ1n) is 11.1. The first-order valence-corrected chi connectivity index (χ1v) is 12.5. The number of rotatable bonds is 12. The number of halogens is 1. The quantitative estimate of drug-likeness (QED) is 0.0964. The van der Waals surface area contributed by atoms with Crippen LogP contribution in [0.25, 0.3) is 0 Å². The lowest BCUT2D eigenvalue weighted by atomic mass is 9.98. The highest BCUT2D eigenvalue weighted by Crippen LogP contribution is 2.40. The fraction of sp³-hybridized carbons (Fsp3) is 0.440. The first-order chi connectivity index (χ1) is 16.0. The summed E-state index contributed by atoms with van der Waals surface area (Å²) < 4.78 is 10.7. The summed E-state index contributed by atoms with van der Waals surface area (Å²) >= 11 is 8.00. The van der Waals surface area contributed by atoms with E-state index < -0.39 is 0 Å². The number of aromatic hydroxyl groups is 1. The standard InChI is InChI=1S/C25H30ClNO5S/c1-3-21(27-30)18-8-9-22(19(25(18)29)13-16-5-6-16)32-11-4-12-33-23-10-7-17(14-20(23)26)15-24(28)31-2/h7-10,14,16,29-30H,3-6,11-13,15H2,1-2H3/b27-21+. The Morgan fingerprint density at radius 1 is 1.27 bits per heavy atom. The summed E-state index contributed by atoms with van der Waals surface area (Å²) in [6.45, 7) is 2.40. The van der Waals surface area contributed by atoms with Gasteiger partial charge in [0.25, 0.3) is 0 Å². The molecule has 1 aliphatic rings. The monoisotopic (exact) mass is 491 g/mol. The van der Waals surface area contributed by atoms with E-state index in [9.17, 15) is 15.1 Å². The maximum atomic E-state index is 11.4. The van der Waals surface area contributed by atoms with Crippen molar-refractivity contribution in [2.24, 2.45) is 11.1 Å². The minimum Gasteiger partial charge on any atom is -0.507 e. The topological polar surface area (TPSA) is 88.4 Å². The van der Waals surface area contributed by atoms with Crippen LogP contribution in [0.1, 0.15) is 49.3 Å². The molecule has 0 bridgehead atoms. The highest BCUT2D eigenvalue weighted by Gasteiger charge is 2.26. The Bertz CT molecular complexity index is 1010. The van der Waals surface area contributed by atoms with Gasteiger partial charge < -0.3 is 19.8 Å². The zero-order chi connectivity index (χ0) is 23.8. The largest absolute Gasteiger partial charge is 0.507 e. The molecule has 33 heavy (non-hydrogen) atoms. The lowest BCUT2D eigenvalue weighted by molar-refractivity contribution is -0.139. The molecule has 0 amide bonds. The zero-order valence-corrected chi connectivity index (χ0v) is 20.5. The number of hydrogen-bond acceptors (Lipinski definition) is 7. The molecule has 6 nitrogen and oxygen atoms in total. The number of nitrogens with zero attached hydrogens (tertiary/aromatic N) is 1. The van der Waals surface area contributed by atoms with Gasteiger partial charge in [0.2, 0.25) is 0 Å². The van der Waals surface area contributed by atoms with Crippen LogP contribution in [0.2, 0.25) is 5.02 Å². The second kappa shape index (κ2) is 12.2. The van der Waals surface area contributed by atoms with Crippen molar-refractivity contribution in [3.63, 3.8) is 0 Å². The molecule has 1 fully saturated rings. The van der Waals surface area contributed by atoms with Crippen molar-refractivity contribution in [1.82, 2.24) is 0 Å². The maximum Gasteiger partial charge on any atom is 0.309 e. The van der Waals surface area contributed by atoms with Crippen LogP contribution in [0, 0.1) is 5.92 Å². The minimum absolute atomic E-state index is 0.155. The molecule has 1 saturated carbocycles. The number of ether oxygens (including phenoxy) is 2. The van der Waals surface area contributed by atoms with Gasteiger partial charge >= 0.3 is 5.97 Å². The van der Waals surface area contributed by atoms with Crippen LogP contribution >= 0.6 is 23.4 Å². The predicted octanol–water partition coefficient (Wildman–Crippen LogP) is 5.86. The van der Waals surface area contributed by atoms with Gasteiger partial charge in [0.15, 0.2) is 0 Å². The van der Waals surface area contributed by atoms with Crippen molar-refractivity contribution in [2.45, 2.75) is 50.3 Å². The SMILES string of the molecule is CC/C(=N\O)c1ccc(OCCCSc2ccc(CC(=O)OC)cc2Cl)c(CC2CC2)c1O. The molecule has 2 aromatic carbocycles. The Hall–Kier alpha value is -2.38. The van der Waals surface area contributed by atoms with Crippen LogP contribution in [-0.2, 0) is 22.4 Å². The predicted molar refractivity (Wildman–Crippen MR) is 131 cm³/mol. The molecular formula is C25H30ClNO5S. The summed E-state index contributed by atoms with van der Waals surface area (Å²) in [5.74, 6) is 1.94. The Balaban J connectivity index is 1.56. The highest BCUT2D eigenvalue weighted by atomic mass is 35.5. The Morgan fingerprint density at radius 2 is 2.06 bits per heavy atom. The second-order valence-electron chi connectivity index (χ2n) is 8.05. The molecule has 8 heteroatoms. The fourth-order valence-corrected chi connectivity index (χ4v) is 4.75. The average molecular weight is 492 g/mol. The van der Waals surface area contributed by atoms with Crippen LogP contribution in [0.5, 0.6) is 11.5 Å². The molecule has 1 aliphatic carbocycles. The lowest BCUT2D eigenvalue weighted by Crippen LogP contribution is -2.06. The van der Waals surface area contributed by atoms with E-state index in [0.29, 0.717) is 41.0 Å². The molecule has 2 aromatic rings. The van der Waals surface area contributed by atoms with E-state index in [-0.39, 0.29) is 18.1 Å². The van der Waals surface area contributed by atoms with E-state index in [1.807, 2.05) is 25.1 Å². The van der Waals surface area contributed by atoms with Crippen molar-refractivity contribution in [2.75, 3.05) is 19.5 Å². The number of benzene rings is 2. The van der Waals surface area contributed by atoms with E-state index in [4.69, 9.17) is 16.3 Å². The number of hydrogen-bond donors (Lipinski definition) is 2. The molecule has 0 radical (unpaired) electrons. The first kappa shape index (κ1) is 25.2. The van der Waals surface area contributed by atoms with E-state index in [2.05, 4.69) is 9.89 Å². The number of thioether (sulfide) groups is 1. The molecule has 2 N–H and O–H groups in total. The van der Waals surface area contributed by atoms with Gasteiger partial charge in [-0.15, -0.1) is 11.8 Å². The zero-order valence-electron chi connectivity index (χ0n) is 19.0. The summed E-state index contributed by atoms with van der Waals surface area (Å²) in [6.07, 6.45) is 4.61. The van der Waals surface area contributed by atoms with Crippen molar-refractivity contribution in [3.8, 4) is 11.5 Å². The third-order valence-corrected chi connectivity index (χ3v) is 7.16. The molecule has 0 aromatic heterocycles. The van der Waals surface area contributed by atoms with Crippen LogP contribution < -0.4 is 4.74 Å². The Kier molecular flexibility index (Phi) is 9.32.